The molecule has 0 heterocycles. The van der Waals surface area contributed by atoms with Crippen molar-refractivity contribution in [3.63, 3.8) is 0 Å². The van der Waals surface area contributed by atoms with Crippen LogP contribution < -0.4 is 37.6 Å². The van der Waals surface area contributed by atoms with Gasteiger partial charge in [-0.3, -0.25) is 62.3 Å². The largest absolute Gasteiger partial charge is 0.465 e. The summed E-state index contributed by atoms with van der Waals surface area (Å²) in [5.74, 6) is -8.22. The minimum Gasteiger partial charge on any atom is -0.465 e. The maximum atomic E-state index is 13.9. The SMILES string of the molecule is BC(C)(C)C(=O)OCC(COCC(=O)NCCC(=O)NCC(CNC(=O)CCNC(=O)COCCCOC(=O)C(C)(C)Br)(CNC(=O)CCNC(=O)COCC(COC(=O)C(C)(C)Br)(COC(=O)C(C)(C)Br)COC(=O)C(C)(C)Br)CC(CC)(CC)OCCN)(COC(=O)C(C)(C)Br)COC(=O)C(C)(C)Br. The molecule has 0 aliphatic rings. The van der Waals surface area contributed by atoms with Gasteiger partial charge in [-0.15, -0.1) is 0 Å². The van der Waals surface area contributed by atoms with Gasteiger partial charge >= 0.3 is 41.8 Å². The van der Waals surface area contributed by atoms with E-state index in [0.717, 1.165) is 0 Å². The monoisotopic (exact) mass is 1900 g/mol. The zero-order valence-corrected chi connectivity index (χ0v) is 74.0. The minimum atomic E-state index is -1.55. The van der Waals surface area contributed by atoms with Crippen molar-refractivity contribution < 1.29 is 114 Å². The summed E-state index contributed by atoms with van der Waals surface area (Å²) in [4.78, 5) is 171. The van der Waals surface area contributed by atoms with Crippen molar-refractivity contribution in [1.82, 2.24) is 31.9 Å². The van der Waals surface area contributed by atoms with Crippen LogP contribution in [-0.2, 0) is 114 Å². The molecule has 0 spiro atoms. The lowest BCUT2D eigenvalue weighted by molar-refractivity contribution is -0.172. The fourth-order valence-corrected chi connectivity index (χ4v) is 9.27. The van der Waals surface area contributed by atoms with Crippen molar-refractivity contribution in [2.24, 2.45) is 22.0 Å². The van der Waals surface area contributed by atoms with Gasteiger partial charge < -0.3 is 89.7 Å². The van der Waals surface area contributed by atoms with E-state index in [0.29, 0.717) is 19.3 Å². The Hall–Kier alpha value is -4.15. The summed E-state index contributed by atoms with van der Waals surface area (Å²) in [5, 5.41) is 15.6. The third kappa shape index (κ3) is 43.5. The van der Waals surface area contributed by atoms with E-state index < -0.39 is 196 Å². The van der Waals surface area contributed by atoms with Crippen LogP contribution in [0.3, 0.4) is 0 Å². The standard InChI is InChI=1S/C68H114BBr6N7O24/c1-17-68(18-2,106-29-23-76)33-65(34-80-45(83)20-24-77-48(86)30-96-27-19-28-99-52(90)59(5,6)70,35-81-46(84)21-25-78-49(87)31-97-37-66(39-100-51(89)58(3,4)69,40-101-53(91)60(7,8)71)41-102-54(92)61(9,10)72)36-82-47(85)22-26-79-50(88)32-98-38-67(42-103-55(93)62(11,12)73,43-104-56(94)63(13,14)74)44-105-57(95)64(15,16)75/h17-44,69,76H2,1-16H3,(H,77,86)(H,78,87)(H,79,88)(H,80,83)(H,81,84)(H,82,85). The van der Waals surface area contributed by atoms with Crippen molar-refractivity contribution in [3.8, 4) is 0 Å². The van der Waals surface area contributed by atoms with Gasteiger partial charge in [0, 0.05) is 82.2 Å². The molecule has 0 radical (unpaired) electrons. The van der Waals surface area contributed by atoms with E-state index in [1.807, 2.05) is 13.8 Å². The van der Waals surface area contributed by atoms with Crippen molar-refractivity contribution in [3.05, 3.63) is 0 Å². The van der Waals surface area contributed by atoms with E-state index in [1.165, 1.54) is 0 Å². The van der Waals surface area contributed by atoms with Gasteiger partial charge in [0.2, 0.25) is 35.4 Å². The predicted octanol–water partition coefficient (Wildman–Crippen LogP) is 4.85. The molecule has 38 heteroatoms. The smallest absolute Gasteiger partial charge is 0.322 e. The predicted molar refractivity (Wildman–Crippen MR) is 417 cm³/mol. The number of halogens is 6. The van der Waals surface area contributed by atoms with Crippen LogP contribution in [0.5, 0.6) is 0 Å². The van der Waals surface area contributed by atoms with Gasteiger partial charge in [-0.25, -0.2) is 0 Å². The van der Waals surface area contributed by atoms with Crippen LogP contribution in [0, 0.1) is 16.2 Å². The second-order valence-electron chi connectivity index (χ2n) is 29.9. The maximum absolute atomic E-state index is 13.9. The third-order valence-electron chi connectivity index (χ3n) is 15.3. The van der Waals surface area contributed by atoms with Crippen molar-refractivity contribution in [2.45, 2.75) is 193 Å². The number of carbonyl (C=O) groups is 13. The normalized spacial score (nSPS) is 13.2. The third-order valence-corrected chi connectivity index (χ3v) is 17.2. The van der Waals surface area contributed by atoms with Crippen LogP contribution in [0.25, 0.3) is 0 Å². The highest BCUT2D eigenvalue weighted by molar-refractivity contribution is 9.11. The molecule has 1 atom stereocenters. The van der Waals surface area contributed by atoms with Gasteiger partial charge in [0.25, 0.3) is 0 Å². The summed E-state index contributed by atoms with van der Waals surface area (Å²) in [6.45, 7) is 19.7. The molecule has 6 amide bonds. The van der Waals surface area contributed by atoms with Crippen LogP contribution in [0.2, 0.25) is 5.31 Å². The van der Waals surface area contributed by atoms with Crippen LogP contribution >= 0.6 is 95.6 Å². The Morgan fingerprint density at radius 1 is 0.340 bits per heavy atom. The van der Waals surface area contributed by atoms with Gasteiger partial charge in [-0.2, -0.15) is 0 Å². The highest BCUT2D eigenvalue weighted by atomic mass is 79.9. The number of hydrogen-bond donors (Lipinski definition) is 7. The molecular weight excluding hydrogens is 1790 g/mol. The second-order valence-corrected chi connectivity index (χ2v) is 41.8. The molecule has 0 aromatic carbocycles. The van der Waals surface area contributed by atoms with Crippen LogP contribution in [0.4, 0.5) is 0 Å². The number of nitrogens with one attached hydrogen (secondary N) is 6. The van der Waals surface area contributed by atoms with E-state index in [-0.39, 0.29) is 97.9 Å². The summed E-state index contributed by atoms with van der Waals surface area (Å²) in [6, 6.07) is 0. The van der Waals surface area contributed by atoms with Crippen molar-refractivity contribution in [1.29, 1.82) is 0 Å². The first-order valence-electron chi connectivity index (χ1n) is 34.6. The van der Waals surface area contributed by atoms with E-state index in [9.17, 15) is 62.3 Å². The highest BCUT2D eigenvalue weighted by Crippen LogP contribution is 2.37. The molecule has 610 valence electrons. The summed E-state index contributed by atoms with van der Waals surface area (Å²) in [7, 11) is 1.63. The Kier molecular flexibility index (Phi) is 45.4. The van der Waals surface area contributed by atoms with E-state index in [1.54, 1.807) is 105 Å². The van der Waals surface area contributed by atoms with Gasteiger partial charge in [0.1, 0.15) is 93.3 Å². The number of carbonyl (C=O) groups excluding carboxylic acids is 13. The first-order valence-corrected chi connectivity index (χ1v) is 39.3. The van der Waals surface area contributed by atoms with Gasteiger partial charge in [0.05, 0.1) is 49.5 Å². The molecule has 31 nitrogen and oxygen atoms in total. The number of esters is 7. The molecule has 0 fully saturated rings. The number of nitrogens with two attached hydrogens (primary N) is 1. The minimum absolute atomic E-state index is 0.0687. The first-order chi connectivity index (χ1) is 48.6. The summed E-state index contributed by atoms with van der Waals surface area (Å²) >= 11 is 19.6. The zero-order valence-electron chi connectivity index (χ0n) is 64.4. The van der Waals surface area contributed by atoms with Gasteiger partial charge in [-0.05, 0) is 102 Å². The quantitative estimate of drug-likeness (QED) is 0.0141. The number of alkyl halides is 6. The summed E-state index contributed by atoms with van der Waals surface area (Å²) in [6.07, 6.45) is 0.419. The molecule has 0 aliphatic carbocycles. The lowest BCUT2D eigenvalue weighted by Gasteiger charge is -2.43. The van der Waals surface area contributed by atoms with Crippen LogP contribution in [0.15, 0.2) is 0 Å². The first kappa shape index (κ1) is 102. The van der Waals surface area contributed by atoms with Crippen LogP contribution in [-0.4, -0.2) is 255 Å². The topological polar surface area (TPSA) is 422 Å². The lowest BCUT2D eigenvalue weighted by atomic mass is 9.73. The Bertz CT molecular complexity index is 2600. The second kappa shape index (κ2) is 47.3. The average molecular weight is 1900 g/mol. The van der Waals surface area contributed by atoms with E-state index in [4.69, 9.17) is 57.8 Å². The number of ether oxygens (including phenoxy) is 11. The molecule has 0 saturated heterocycles. The summed E-state index contributed by atoms with van der Waals surface area (Å²) < 4.78 is 55.8. The van der Waals surface area contributed by atoms with Crippen LogP contribution in [0.1, 0.15) is 156 Å². The zero-order chi connectivity index (χ0) is 81.8. The Balaban J connectivity index is 6.97. The molecule has 0 saturated carbocycles. The van der Waals surface area contributed by atoms with Gasteiger partial charge in [0.15, 0.2) is 0 Å². The molecule has 1 unspecified atom stereocenters. The van der Waals surface area contributed by atoms with Crippen molar-refractivity contribution >= 4 is 181 Å². The number of hydrogen-bond acceptors (Lipinski definition) is 25. The molecule has 0 bridgehead atoms. The molecule has 0 rings (SSSR count). The maximum Gasteiger partial charge on any atom is 0.322 e. The fourth-order valence-electron chi connectivity index (χ4n) is 8.58. The Labute approximate surface area is 675 Å². The van der Waals surface area contributed by atoms with Gasteiger partial charge in [-0.1, -0.05) is 123 Å². The highest BCUT2D eigenvalue weighted by Gasteiger charge is 2.45. The van der Waals surface area contributed by atoms with Crippen molar-refractivity contribution in [2.75, 3.05) is 138 Å². The molecule has 0 aromatic rings. The Morgan fingerprint density at radius 2 is 0.613 bits per heavy atom. The molecule has 0 aliphatic heterocycles. The number of amides is 6. The molecule has 0 aromatic heterocycles. The molecule has 106 heavy (non-hydrogen) atoms. The summed E-state index contributed by atoms with van der Waals surface area (Å²) in [5.41, 5.74) is 0.660. The average Bonchev–Trinajstić information content (AvgIpc) is 0.863. The van der Waals surface area contributed by atoms with E-state index >= 15 is 0 Å². The molecular formula is C68H114BBr6N7O24. The van der Waals surface area contributed by atoms with E-state index in [2.05, 4.69) is 127 Å². The molecule has 8 N–H and O–H groups in total. The Morgan fingerprint density at radius 3 is 0.877 bits per heavy atom. The lowest BCUT2D eigenvalue weighted by Crippen LogP contribution is -2.56. The number of rotatable bonds is 55. The fraction of sp³-hybridized carbons (Fsp3) is 0.809.